The van der Waals surface area contributed by atoms with E-state index in [4.69, 9.17) is 0 Å². The third-order valence-electron chi connectivity index (χ3n) is 5.56. The average Bonchev–Trinajstić information content (AvgIpc) is 3.39. The van der Waals surface area contributed by atoms with Crippen molar-refractivity contribution in [3.05, 3.63) is 65.5 Å². The van der Waals surface area contributed by atoms with Gasteiger partial charge in [0.2, 0.25) is 0 Å². The smallest absolute Gasteiger partial charge is 0.151 e. The van der Waals surface area contributed by atoms with E-state index >= 15 is 0 Å². The number of nitrogens with zero attached hydrogens (tertiary/aromatic N) is 4. The van der Waals surface area contributed by atoms with Gasteiger partial charge in [-0.25, -0.2) is 0 Å². The monoisotopic (exact) mass is 362 g/mol. The van der Waals surface area contributed by atoms with Gasteiger partial charge in [-0.1, -0.05) is 36.4 Å². The van der Waals surface area contributed by atoms with E-state index in [1.807, 2.05) is 0 Å². The van der Waals surface area contributed by atoms with E-state index in [0.717, 1.165) is 43.0 Å². The Balaban J connectivity index is 1.21. The maximum Gasteiger partial charge on any atom is 0.151 e. The number of hydrogen-bond donors (Lipinski definition) is 0. The second-order valence-corrected chi connectivity index (χ2v) is 8.31. The van der Waals surface area contributed by atoms with Crippen LogP contribution in [-0.2, 0) is 6.54 Å². The minimum atomic E-state index is 0.748. The highest BCUT2D eigenvalue weighted by atomic mass is 32.1. The highest BCUT2D eigenvalue weighted by Crippen LogP contribution is 2.34. The number of thiophene rings is 1. The summed E-state index contributed by atoms with van der Waals surface area (Å²) < 4.78 is 0. The van der Waals surface area contributed by atoms with Gasteiger partial charge >= 0.3 is 0 Å². The Morgan fingerprint density at radius 2 is 1.65 bits per heavy atom. The summed E-state index contributed by atoms with van der Waals surface area (Å²) in [6.07, 6.45) is 0. The van der Waals surface area contributed by atoms with E-state index in [-0.39, 0.29) is 0 Å². The van der Waals surface area contributed by atoms with Gasteiger partial charge in [0, 0.05) is 32.7 Å². The Hall–Kier alpha value is -2.24. The fourth-order valence-corrected chi connectivity index (χ4v) is 4.99. The van der Waals surface area contributed by atoms with Crippen LogP contribution in [0.15, 0.2) is 60.0 Å². The molecule has 0 radical (unpaired) electrons. The molecule has 2 fully saturated rings. The van der Waals surface area contributed by atoms with Crippen molar-refractivity contribution in [1.29, 1.82) is 0 Å². The summed E-state index contributed by atoms with van der Waals surface area (Å²) in [5.41, 5.74) is 2.39. The fraction of sp³-hybridized carbons (Fsp3) is 0.333. The summed E-state index contributed by atoms with van der Waals surface area (Å²) in [5, 5.41) is 11.0. The largest absolute Gasteiger partial charge is 0.354 e. The number of anilines is 1. The molecule has 0 N–H and O–H groups in total. The van der Waals surface area contributed by atoms with Crippen LogP contribution in [0.1, 0.15) is 5.56 Å². The van der Waals surface area contributed by atoms with E-state index in [9.17, 15) is 0 Å². The van der Waals surface area contributed by atoms with Crippen molar-refractivity contribution in [2.45, 2.75) is 6.54 Å². The molecule has 2 aromatic heterocycles. The fourth-order valence-electron chi connectivity index (χ4n) is 4.30. The zero-order chi connectivity index (χ0) is 17.3. The van der Waals surface area contributed by atoms with Crippen molar-refractivity contribution in [3.63, 3.8) is 0 Å². The summed E-state index contributed by atoms with van der Waals surface area (Å²) in [7, 11) is 0. The summed E-state index contributed by atoms with van der Waals surface area (Å²) in [5.74, 6) is 2.52. The van der Waals surface area contributed by atoms with Crippen LogP contribution in [0.2, 0.25) is 0 Å². The molecule has 0 bridgehead atoms. The van der Waals surface area contributed by atoms with Crippen LogP contribution in [0.4, 0.5) is 5.82 Å². The number of rotatable bonds is 4. The van der Waals surface area contributed by atoms with E-state index in [1.165, 1.54) is 23.5 Å². The first-order chi connectivity index (χ1) is 12.8. The Bertz CT molecular complexity index is 833. The lowest BCUT2D eigenvalue weighted by Crippen LogP contribution is -2.29. The summed E-state index contributed by atoms with van der Waals surface area (Å²) in [4.78, 5) is 6.20. The quantitative estimate of drug-likeness (QED) is 0.707. The van der Waals surface area contributed by atoms with E-state index < -0.39 is 0 Å². The van der Waals surface area contributed by atoms with Crippen molar-refractivity contribution in [3.8, 4) is 10.6 Å². The van der Waals surface area contributed by atoms with Crippen molar-refractivity contribution < 1.29 is 0 Å². The molecule has 2 atom stereocenters. The van der Waals surface area contributed by atoms with Crippen molar-refractivity contribution in [2.24, 2.45) is 11.8 Å². The predicted octanol–water partition coefficient (Wildman–Crippen LogP) is 3.77. The van der Waals surface area contributed by atoms with E-state index in [1.54, 1.807) is 11.3 Å². The molecule has 2 unspecified atom stereocenters. The molecular weight excluding hydrogens is 340 g/mol. The maximum absolute atomic E-state index is 4.50. The van der Waals surface area contributed by atoms with Gasteiger partial charge < -0.3 is 4.90 Å². The second-order valence-electron chi connectivity index (χ2n) is 7.36. The molecule has 0 saturated carbocycles. The minimum Gasteiger partial charge on any atom is -0.354 e. The number of likely N-dealkylation sites (tertiary alicyclic amines) is 1. The van der Waals surface area contributed by atoms with Gasteiger partial charge in [0.15, 0.2) is 5.82 Å². The standard InChI is InChI=1S/C21H22N4S/c1-2-5-16(6-3-1)11-24-12-17-14-25(15-18(17)13-24)21-9-8-19(22-23-21)20-7-4-10-26-20/h1-10,17-18H,11-15H2. The van der Waals surface area contributed by atoms with Gasteiger partial charge in [0.05, 0.1) is 4.88 Å². The molecule has 0 spiro atoms. The van der Waals surface area contributed by atoms with Crippen LogP contribution in [0, 0.1) is 11.8 Å². The van der Waals surface area contributed by atoms with E-state index in [2.05, 4.69) is 80.0 Å². The van der Waals surface area contributed by atoms with Gasteiger partial charge in [-0.15, -0.1) is 21.5 Å². The number of fused-ring (bicyclic) bond motifs is 1. The molecule has 5 heteroatoms. The molecule has 26 heavy (non-hydrogen) atoms. The molecule has 1 aromatic carbocycles. The number of benzene rings is 1. The predicted molar refractivity (Wildman–Crippen MR) is 106 cm³/mol. The zero-order valence-corrected chi connectivity index (χ0v) is 15.5. The maximum atomic E-state index is 4.50. The van der Waals surface area contributed by atoms with Gasteiger partial charge in [-0.05, 0) is 41.0 Å². The van der Waals surface area contributed by atoms with Crippen LogP contribution in [0.5, 0.6) is 0 Å². The molecule has 4 nitrogen and oxygen atoms in total. The van der Waals surface area contributed by atoms with Crippen LogP contribution in [-0.4, -0.2) is 41.3 Å². The van der Waals surface area contributed by atoms with Crippen LogP contribution >= 0.6 is 11.3 Å². The SMILES string of the molecule is c1ccc(CN2CC3CN(c4ccc(-c5cccs5)nn4)CC3C2)cc1. The van der Waals surface area contributed by atoms with Gasteiger partial charge in [-0.3, -0.25) is 4.90 Å². The summed E-state index contributed by atoms with van der Waals surface area (Å²) in [6, 6.07) is 19.2. The summed E-state index contributed by atoms with van der Waals surface area (Å²) in [6.45, 7) is 5.66. The summed E-state index contributed by atoms with van der Waals surface area (Å²) >= 11 is 1.71. The number of aromatic nitrogens is 2. The first-order valence-corrected chi connectivity index (χ1v) is 10.1. The molecule has 3 aromatic rings. The Morgan fingerprint density at radius 3 is 2.31 bits per heavy atom. The normalized spacial score (nSPS) is 22.7. The van der Waals surface area contributed by atoms with Crippen LogP contribution < -0.4 is 4.90 Å². The Morgan fingerprint density at radius 1 is 0.846 bits per heavy atom. The first-order valence-electron chi connectivity index (χ1n) is 9.24. The third-order valence-corrected chi connectivity index (χ3v) is 6.45. The molecule has 2 saturated heterocycles. The van der Waals surface area contributed by atoms with Crippen molar-refractivity contribution >= 4 is 17.2 Å². The Labute approximate surface area is 158 Å². The zero-order valence-electron chi connectivity index (χ0n) is 14.7. The molecule has 0 aliphatic carbocycles. The highest BCUT2D eigenvalue weighted by molar-refractivity contribution is 7.13. The van der Waals surface area contributed by atoms with Crippen LogP contribution in [0.3, 0.4) is 0 Å². The van der Waals surface area contributed by atoms with Crippen LogP contribution in [0.25, 0.3) is 10.6 Å². The van der Waals surface area contributed by atoms with Gasteiger partial charge in [0.1, 0.15) is 5.69 Å². The number of hydrogen-bond acceptors (Lipinski definition) is 5. The highest BCUT2D eigenvalue weighted by Gasteiger charge is 2.40. The first kappa shape index (κ1) is 16.0. The minimum absolute atomic E-state index is 0.748. The molecule has 2 aliphatic rings. The molecule has 0 amide bonds. The molecule has 5 rings (SSSR count). The Kier molecular flexibility index (Phi) is 4.19. The average molecular weight is 363 g/mol. The second kappa shape index (κ2) is 6.82. The lowest BCUT2D eigenvalue weighted by atomic mass is 10.0. The van der Waals surface area contributed by atoms with Gasteiger partial charge in [-0.2, -0.15) is 0 Å². The van der Waals surface area contributed by atoms with Crippen molar-refractivity contribution in [2.75, 3.05) is 31.1 Å². The van der Waals surface area contributed by atoms with Gasteiger partial charge in [0.25, 0.3) is 0 Å². The topological polar surface area (TPSA) is 32.3 Å². The lowest BCUT2D eigenvalue weighted by molar-refractivity contribution is 0.309. The van der Waals surface area contributed by atoms with Crippen molar-refractivity contribution in [1.82, 2.24) is 15.1 Å². The molecular formula is C21H22N4S. The molecule has 2 aliphatic heterocycles. The third kappa shape index (κ3) is 3.13. The molecule has 132 valence electrons. The lowest BCUT2D eigenvalue weighted by Gasteiger charge is -2.22. The molecule has 4 heterocycles. The van der Waals surface area contributed by atoms with E-state index in [0.29, 0.717) is 0 Å².